The van der Waals surface area contributed by atoms with Crippen molar-refractivity contribution in [1.29, 1.82) is 0 Å². The number of anilines is 1. The van der Waals surface area contributed by atoms with Crippen LogP contribution in [0.3, 0.4) is 0 Å². The minimum absolute atomic E-state index is 0.0380. The molecule has 0 saturated heterocycles. The highest BCUT2D eigenvalue weighted by Gasteiger charge is 2.25. The first-order valence-corrected chi connectivity index (χ1v) is 6.59. The molecular formula is C11H17N5OS. The highest BCUT2D eigenvalue weighted by atomic mass is 32.1. The summed E-state index contributed by atoms with van der Waals surface area (Å²) in [4.78, 5) is 4.30. The number of hydrogen-bond donors (Lipinski definition) is 2. The Hall–Kier alpha value is -1.47. The summed E-state index contributed by atoms with van der Waals surface area (Å²) >= 11 is 1.59. The van der Waals surface area contributed by atoms with Crippen LogP contribution in [0.25, 0.3) is 0 Å². The van der Waals surface area contributed by atoms with E-state index in [1.54, 1.807) is 17.5 Å². The first-order valence-electron chi connectivity index (χ1n) is 5.72. The first-order chi connectivity index (χ1) is 8.53. The molecule has 18 heavy (non-hydrogen) atoms. The van der Waals surface area contributed by atoms with Crippen molar-refractivity contribution in [3.05, 3.63) is 22.5 Å². The molecule has 98 valence electrons. The molecule has 0 radical (unpaired) electrons. The number of thiazole rings is 1. The fraction of sp³-hybridized carbons (Fsp3) is 0.545. The van der Waals surface area contributed by atoms with Crippen molar-refractivity contribution in [2.45, 2.75) is 32.4 Å². The van der Waals surface area contributed by atoms with E-state index < -0.39 is 0 Å². The van der Waals surface area contributed by atoms with Gasteiger partial charge in [0.15, 0.2) is 0 Å². The second kappa shape index (κ2) is 5.03. The van der Waals surface area contributed by atoms with Crippen molar-refractivity contribution in [1.82, 2.24) is 20.5 Å². The van der Waals surface area contributed by atoms with Crippen LogP contribution in [0.5, 0.6) is 0 Å². The Morgan fingerprint density at radius 3 is 2.78 bits per heavy atom. The number of hydrogen-bond acceptors (Lipinski definition) is 7. The Morgan fingerprint density at radius 1 is 1.39 bits per heavy atom. The van der Waals surface area contributed by atoms with Crippen molar-refractivity contribution >= 4 is 17.4 Å². The second-order valence-corrected chi connectivity index (χ2v) is 5.44. The van der Waals surface area contributed by atoms with Gasteiger partial charge in [0.1, 0.15) is 5.01 Å². The molecule has 7 heteroatoms. The maximum absolute atomic E-state index is 5.55. The van der Waals surface area contributed by atoms with E-state index in [2.05, 4.69) is 25.8 Å². The molecule has 0 aromatic carbocycles. The smallest absolute Gasteiger partial charge is 0.316 e. The Kier molecular flexibility index (Phi) is 3.63. The Bertz CT molecular complexity index is 493. The predicted molar refractivity (Wildman–Crippen MR) is 70.5 cm³/mol. The zero-order valence-electron chi connectivity index (χ0n) is 10.9. The molecule has 0 amide bonds. The topological polar surface area (TPSA) is 75.9 Å². The molecular weight excluding hydrogens is 250 g/mol. The lowest BCUT2D eigenvalue weighted by molar-refractivity contribution is 0.431. The molecule has 0 spiro atoms. The number of nitrogens with one attached hydrogen (secondary N) is 2. The van der Waals surface area contributed by atoms with E-state index in [-0.39, 0.29) is 11.6 Å². The Labute approximate surface area is 110 Å². The second-order valence-electron chi connectivity index (χ2n) is 4.54. The summed E-state index contributed by atoms with van der Waals surface area (Å²) in [6, 6.07) is 0.448. The Balaban J connectivity index is 2.12. The van der Waals surface area contributed by atoms with Crippen LogP contribution in [0, 0.1) is 0 Å². The van der Waals surface area contributed by atoms with Crippen LogP contribution in [-0.4, -0.2) is 22.2 Å². The predicted octanol–water partition coefficient (Wildman–Crippen LogP) is 2.15. The number of aromatic nitrogens is 3. The van der Waals surface area contributed by atoms with E-state index in [9.17, 15) is 0 Å². The van der Waals surface area contributed by atoms with E-state index in [1.807, 2.05) is 33.2 Å². The Morgan fingerprint density at radius 2 is 2.17 bits per heavy atom. The third-order valence-electron chi connectivity index (χ3n) is 2.63. The first kappa shape index (κ1) is 13.0. The van der Waals surface area contributed by atoms with E-state index in [0.717, 1.165) is 5.01 Å². The minimum Gasteiger partial charge on any atom is -0.406 e. The largest absolute Gasteiger partial charge is 0.406 e. The van der Waals surface area contributed by atoms with Gasteiger partial charge in [0.05, 0.1) is 11.6 Å². The zero-order chi connectivity index (χ0) is 13.2. The lowest BCUT2D eigenvalue weighted by Crippen LogP contribution is -2.27. The molecule has 0 saturated carbocycles. The average Bonchev–Trinajstić information content (AvgIpc) is 2.97. The average molecular weight is 267 g/mol. The fourth-order valence-electron chi connectivity index (χ4n) is 1.44. The van der Waals surface area contributed by atoms with Crippen molar-refractivity contribution in [2.24, 2.45) is 0 Å². The molecule has 6 nitrogen and oxygen atoms in total. The molecule has 0 aliphatic carbocycles. The molecule has 2 heterocycles. The van der Waals surface area contributed by atoms with Gasteiger partial charge in [-0.05, 0) is 27.8 Å². The molecule has 1 unspecified atom stereocenters. The molecule has 2 aromatic heterocycles. The van der Waals surface area contributed by atoms with Crippen LogP contribution in [0.2, 0.25) is 0 Å². The van der Waals surface area contributed by atoms with Crippen molar-refractivity contribution in [2.75, 3.05) is 12.4 Å². The van der Waals surface area contributed by atoms with Crippen molar-refractivity contribution in [3.63, 3.8) is 0 Å². The normalized spacial score (nSPS) is 13.6. The monoisotopic (exact) mass is 267 g/mol. The molecule has 0 aliphatic rings. The van der Waals surface area contributed by atoms with Gasteiger partial charge in [-0.15, -0.1) is 16.4 Å². The third kappa shape index (κ3) is 2.68. The standard InChI is InChI=1S/C11H17N5OS/c1-7(12-4)8-15-16-10(17-8)14-11(2,3)9-13-5-6-18-9/h5-7,12H,1-4H3,(H,14,16). The summed E-state index contributed by atoms with van der Waals surface area (Å²) in [6.45, 7) is 6.01. The van der Waals surface area contributed by atoms with Gasteiger partial charge in [0.2, 0.25) is 5.89 Å². The van der Waals surface area contributed by atoms with Gasteiger partial charge in [-0.1, -0.05) is 5.10 Å². The van der Waals surface area contributed by atoms with Gasteiger partial charge in [0, 0.05) is 11.6 Å². The SMILES string of the molecule is CNC(C)c1nnc(NC(C)(C)c2nccs2)o1. The van der Waals surface area contributed by atoms with Gasteiger partial charge in [-0.25, -0.2) is 4.98 Å². The number of nitrogens with zero attached hydrogens (tertiary/aromatic N) is 3. The molecule has 0 bridgehead atoms. The van der Waals surface area contributed by atoms with E-state index in [4.69, 9.17) is 4.42 Å². The highest BCUT2D eigenvalue weighted by Crippen LogP contribution is 2.27. The van der Waals surface area contributed by atoms with Crippen LogP contribution >= 0.6 is 11.3 Å². The molecule has 0 aliphatic heterocycles. The van der Waals surface area contributed by atoms with Crippen LogP contribution < -0.4 is 10.6 Å². The summed E-state index contributed by atoms with van der Waals surface area (Å²) in [6.07, 6.45) is 1.78. The molecule has 2 aromatic rings. The van der Waals surface area contributed by atoms with Crippen molar-refractivity contribution < 1.29 is 4.42 Å². The van der Waals surface area contributed by atoms with Crippen LogP contribution in [0.15, 0.2) is 16.0 Å². The molecule has 1 atom stereocenters. The lowest BCUT2D eigenvalue weighted by atomic mass is 10.1. The van der Waals surface area contributed by atoms with Crippen molar-refractivity contribution in [3.8, 4) is 0 Å². The zero-order valence-corrected chi connectivity index (χ0v) is 11.7. The van der Waals surface area contributed by atoms with E-state index >= 15 is 0 Å². The molecule has 2 N–H and O–H groups in total. The van der Waals surface area contributed by atoms with Gasteiger partial charge in [-0.3, -0.25) is 0 Å². The summed E-state index contributed by atoms with van der Waals surface area (Å²) in [5.74, 6) is 0.565. The third-order valence-corrected chi connectivity index (χ3v) is 3.73. The lowest BCUT2D eigenvalue weighted by Gasteiger charge is -2.21. The fourth-order valence-corrected chi connectivity index (χ4v) is 2.15. The molecule has 0 fully saturated rings. The van der Waals surface area contributed by atoms with E-state index in [0.29, 0.717) is 11.9 Å². The summed E-state index contributed by atoms with van der Waals surface area (Å²) in [5.41, 5.74) is -0.332. The number of rotatable bonds is 5. The maximum Gasteiger partial charge on any atom is 0.316 e. The van der Waals surface area contributed by atoms with Crippen LogP contribution in [-0.2, 0) is 5.54 Å². The van der Waals surface area contributed by atoms with Crippen LogP contribution in [0.4, 0.5) is 6.01 Å². The maximum atomic E-state index is 5.55. The van der Waals surface area contributed by atoms with Gasteiger partial charge < -0.3 is 15.1 Å². The van der Waals surface area contributed by atoms with Gasteiger partial charge >= 0.3 is 6.01 Å². The minimum atomic E-state index is -0.332. The van der Waals surface area contributed by atoms with E-state index in [1.165, 1.54) is 0 Å². The molecule has 2 rings (SSSR count). The van der Waals surface area contributed by atoms with Crippen LogP contribution in [0.1, 0.15) is 37.7 Å². The van der Waals surface area contributed by atoms with Gasteiger partial charge in [0.25, 0.3) is 0 Å². The van der Waals surface area contributed by atoms with Gasteiger partial charge in [-0.2, -0.15) is 0 Å². The summed E-state index contributed by atoms with van der Waals surface area (Å²) in [7, 11) is 1.85. The quantitative estimate of drug-likeness (QED) is 0.864. The summed E-state index contributed by atoms with van der Waals surface area (Å²) < 4.78 is 5.55. The highest BCUT2D eigenvalue weighted by molar-refractivity contribution is 7.09. The summed E-state index contributed by atoms with van der Waals surface area (Å²) in [5, 5.41) is 17.2.